The Morgan fingerprint density at radius 2 is 2.10 bits per heavy atom. The third-order valence-corrected chi connectivity index (χ3v) is 1.50. The molecule has 0 aliphatic carbocycles. The Kier molecular flexibility index (Phi) is 3.15. The Balaban J connectivity index is 4.20. The molecular formula is C6H15N3O. The van der Waals surface area contributed by atoms with Crippen molar-refractivity contribution in [1.82, 2.24) is 0 Å². The van der Waals surface area contributed by atoms with Crippen LogP contribution in [0.4, 0.5) is 0 Å². The van der Waals surface area contributed by atoms with Crippen molar-refractivity contribution in [2.24, 2.45) is 16.5 Å². The molecule has 60 valence electrons. The van der Waals surface area contributed by atoms with Crippen LogP contribution in [0.25, 0.3) is 0 Å². The summed E-state index contributed by atoms with van der Waals surface area (Å²) in [7, 11) is 0. The van der Waals surface area contributed by atoms with Crippen LogP contribution in [0.3, 0.4) is 0 Å². The molecule has 4 nitrogen and oxygen atoms in total. The molecule has 10 heavy (non-hydrogen) atoms. The van der Waals surface area contributed by atoms with Crippen molar-refractivity contribution in [2.45, 2.75) is 25.8 Å². The fourth-order valence-corrected chi connectivity index (χ4v) is 0.538. The average Bonchev–Trinajstić information content (AvgIpc) is 1.87. The van der Waals surface area contributed by atoms with Gasteiger partial charge >= 0.3 is 0 Å². The molecule has 0 bridgehead atoms. The quantitative estimate of drug-likeness (QED) is 0.367. The first kappa shape index (κ1) is 9.23. The number of nitrogens with two attached hydrogens (primary N) is 2. The lowest BCUT2D eigenvalue weighted by atomic mass is 10.0. The van der Waals surface area contributed by atoms with Gasteiger partial charge in [-0.05, 0) is 13.3 Å². The van der Waals surface area contributed by atoms with Crippen LogP contribution in [0.15, 0.2) is 4.99 Å². The molecule has 1 atom stereocenters. The van der Waals surface area contributed by atoms with Gasteiger partial charge in [0.05, 0.1) is 12.1 Å². The second kappa shape index (κ2) is 3.41. The van der Waals surface area contributed by atoms with Gasteiger partial charge in [-0.15, -0.1) is 0 Å². The van der Waals surface area contributed by atoms with Crippen molar-refractivity contribution in [1.29, 1.82) is 0 Å². The van der Waals surface area contributed by atoms with Gasteiger partial charge < -0.3 is 16.6 Å². The molecule has 0 aromatic heterocycles. The van der Waals surface area contributed by atoms with E-state index in [9.17, 15) is 0 Å². The van der Waals surface area contributed by atoms with Gasteiger partial charge in [0.1, 0.15) is 0 Å². The minimum absolute atomic E-state index is 0.0263. The lowest BCUT2D eigenvalue weighted by Gasteiger charge is -2.19. The van der Waals surface area contributed by atoms with Crippen molar-refractivity contribution >= 4 is 5.96 Å². The normalized spacial score (nSPS) is 15.9. The molecule has 0 spiro atoms. The highest BCUT2D eigenvalue weighted by Gasteiger charge is 2.18. The van der Waals surface area contributed by atoms with Crippen LogP contribution in [0.5, 0.6) is 0 Å². The molecule has 0 radical (unpaired) electrons. The minimum atomic E-state index is -0.501. The van der Waals surface area contributed by atoms with E-state index in [0.29, 0.717) is 0 Å². The fourth-order valence-electron chi connectivity index (χ4n) is 0.538. The molecule has 5 N–H and O–H groups in total. The average molecular weight is 145 g/mol. The van der Waals surface area contributed by atoms with E-state index in [1.54, 1.807) is 6.92 Å². The first-order chi connectivity index (χ1) is 4.54. The van der Waals surface area contributed by atoms with E-state index in [1.165, 1.54) is 0 Å². The van der Waals surface area contributed by atoms with Crippen LogP contribution in [0.1, 0.15) is 20.3 Å². The predicted octanol–water partition coefficient (Wildman–Crippen LogP) is -0.579. The monoisotopic (exact) mass is 145 g/mol. The Morgan fingerprint density at radius 3 is 2.20 bits per heavy atom. The molecule has 0 rings (SSSR count). The van der Waals surface area contributed by atoms with Crippen molar-refractivity contribution in [2.75, 3.05) is 6.61 Å². The molecule has 0 fully saturated rings. The number of rotatable bonds is 3. The van der Waals surface area contributed by atoms with Crippen molar-refractivity contribution in [3.63, 3.8) is 0 Å². The molecule has 0 aliphatic rings. The van der Waals surface area contributed by atoms with Gasteiger partial charge in [-0.2, -0.15) is 0 Å². The van der Waals surface area contributed by atoms with Crippen LogP contribution in [0.2, 0.25) is 0 Å². The largest absolute Gasteiger partial charge is 0.394 e. The van der Waals surface area contributed by atoms with Crippen LogP contribution in [-0.2, 0) is 0 Å². The number of hydrogen-bond acceptors (Lipinski definition) is 2. The van der Waals surface area contributed by atoms with Crippen LogP contribution < -0.4 is 11.5 Å². The van der Waals surface area contributed by atoms with Crippen LogP contribution in [0, 0.1) is 0 Å². The van der Waals surface area contributed by atoms with E-state index >= 15 is 0 Å². The standard InChI is InChI=1S/C6H15N3O/c1-3-6(2,4-10)9-5(7)8/h10H,3-4H2,1-2H3,(H4,7,8,9). The Hall–Kier alpha value is -0.770. The first-order valence-electron chi connectivity index (χ1n) is 3.26. The molecule has 0 aromatic rings. The zero-order valence-corrected chi connectivity index (χ0v) is 6.46. The van der Waals surface area contributed by atoms with E-state index in [4.69, 9.17) is 16.6 Å². The van der Waals surface area contributed by atoms with Gasteiger partial charge in [0.25, 0.3) is 0 Å². The molecule has 0 heterocycles. The molecule has 0 amide bonds. The highest BCUT2D eigenvalue weighted by molar-refractivity contribution is 5.76. The van der Waals surface area contributed by atoms with Crippen molar-refractivity contribution in [3.8, 4) is 0 Å². The maximum atomic E-state index is 8.82. The zero-order valence-electron chi connectivity index (χ0n) is 6.46. The van der Waals surface area contributed by atoms with Gasteiger partial charge in [0, 0.05) is 0 Å². The smallest absolute Gasteiger partial charge is 0.186 e. The fraction of sp³-hybridized carbons (Fsp3) is 0.833. The van der Waals surface area contributed by atoms with E-state index in [0.717, 1.165) is 6.42 Å². The van der Waals surface area contributed by atoms with Gasteiger partial charge in [-0.3, -0.25) is 0 Å². The number of guanidine groups is 1. The number of aliphatic hydroxyl groups excluding tert-OH is 1. The summed E-state index contributed by atoms with van der Waals surface area (Å²) < 4.78 is 0. The summed E-state index contributed by atoms with van der Waals surface area (Å²) in [5.41, 5.74) is 9.79. The number of hydrogen-bond donors (Lipinski definition) is 3. The second-order valence-electron chi connectivity index (χ2n) is 2.55. The summed E-state index contributed by atoms with van der Waals surface area (Å²) in [6.07, 6.45) is 0.724. The summed E-state index contributed by atoms with van der Waals surface area (Å²) in [5, 5.41) is 8.82. The lowest BCUT2D eigenvalue weighted by Crippen LogP contribution is -2.33. The Bertz CT molecular complexity index is 125. The first-order valence-corrected chi connectivity index (χ1v) is 3.26. The minimum Gasteiger partial charge on any atom is -0.394 e. The van der Waals surface area contributed by atoms with E-state index in [1.807, 2.05) is 6.92 Å². The van der Waals surface area contributed by atoms with Crippen LogP contribution in [-0.4, -0.2) is 23.2 Å². The zero-order chi connectivity index (χ0) is 8.20. The third-order valence-electron chi connectivity index (χ3n) is 1.50. The third kappa shape index (κ3) is 2.68. The van der Waals surface area contributed by atoms with Crippen molar-refractivity contribution < 1.29 is 5.11 Å². The van der Waals surface area contributed by atoms with Gasteiger partial charge in [0.15, 0.2) is 5.96 Å². The molecule has 0 aromatic carbocycles. The van der Waals surface area contributed by atoms with E-state index < -0.39 is 5.54 Å². The Morgan fingerprint density at radius 1 is 1.60 bits per heavy atom. The van der Waals surface area contributed by atoms with Crippen LogP contribution >= 0.6 is 0 Å². The molecule has 4 heteroatoms. The molecule has 1 unspecified atom stereocenters. The van der Waals surface area contributed by atoms with Gasteiger partial charge in [-0.25, -0.2) is 4.99 Å². The van der Waals surface area contributed by atoms with E-state index in [-0.39, 0.29) is 12.6 Å². The lowest BCUT2D eigenvalue weighted by molar-refractivity contribution is 0.206. The summed E-state index contributed by atoms with van der Waals surface area (Å²) in [6, 6.07) is 0. The van der Waals surface area contributed by atoms with E-state index in [2.05, 4.69) is 4.99 Å². The molecule has 0 saturated heterocycles. The summed E-state index contributed by atoms with van der Waals surface area (Å²) in [6.45, 7) is 3.69. The number of aliphatic hydroxyl groups is 1. The SMILES string of the molecule is CCC(C)(CO)N=C(N)N. The topological polar surface area (TPSA) is 84.6 Å². The summed E-state index contributed by atoms with van der Waals surface area (Å²) in [5.74, 6) is 0.0263. The van der Waals surface area contributed by atoms with Gasteiger partial charge in [0.2, 0.25) is 0 Å². The summed E-state index contributed by atoms with van der Waals surface area (Å²) >= 11 is 0. The maximum absolute atomic E-state index is 8.82. The van der Waals surface area contributed by atoms with Crippen molar-refractivity contribution in [3.05, 3.63) is 0 Å². The maximum Gasteiger partial charge on any atom is 0.186 e. The Labute approximate surface area is 60.9 Å². The molecule has 0 saturated carbocycles. The molecular weight excluding hydrogens is 130 g/mol. The number of nitrogens with zero attached hydrogens (tertiary/aromatic N) is 1. The van der Waals surface area contributed by atoms with Gasteiger partial charge in [-0.1, -0.05) is 6.92 Å². The second-order valence-corrected chi connectivity index (χ2v) is 2.55. The number of aliphatic imine (C=N–C) groups is 1. The predicted molar refractivity (Wildman–Crippen MR) is 41.6 cm³/mol. The highest BCUT2D eigenvalue weighted by atomic mass is 16.3. The molecule has 0 aliphatic heterocycles. The summed E-state index contributed by atoms with van der Waals surface area (Å²) in [4.78, 5) is 3.87. The highest BCUT2D eigenvalue weighted by Crippen LogP contribution is 2.12.